The van der Waals surface area contributed by atoms with Crippen LogP contribution in [0.2, 0.25) is 11.1 Å². The van der Waals surface area contributed by atoms with Crippen molar-refractivity contribution in [1.82, 2.24) is 0 Å². The zero-order chi connectivity index (χ0) is 10.2. The van der Waals surface area contributed by atoms with Crippen LogP contribution >= 0.6 is 0 Å². The highest BCUT2D eigenvalue weighted by molar-refractivity contribution is 6.70. The standard InChI is InChI=1S/C11H22O2Si/c1-4-14(12-2,13-3)11-7-5-10(9-11)6-8-11/h10H,4-9H2,1-3H3. The number of hydrogen-bond acceptors (Lipinski definition) is 2. The van der Waals surface area contributed by atoms with Gasteiger partial charge in [0, 0.05) is 19.3 Å². The van der Waals surface area contributed by atoms with Crippen molar-refractivity contribution in [1.29, 1.82) is 0 Å². The van der Waals surface area contributed by atoms with E-state index in [4.69, 9.17) is 8.85 Å². The summed E-state index contributed by atoms with van der Waals surface area (Å²) in [5.74, 6) is 0.985. The average molecular weight is 214 g/mol. The molecule has 0 N–H and O–H groups in total. The Balaban J connectivity index is 2.25. The average Bonchev–Trinajstić information content (AvgIpc) is 2.82. The van der Waals surface area contributed by atoms with Gasteiger partial charge >= 0.3 is 8.56 Å². The van der Waals surface area contributed by atoms with Crippen molar-refractivity contribution in [2.45, 2.75) is 50.1 Å². The van der Waals surface area contributed by atoms with Crippen LogP contribution in [0.4, 0.5) is 0 Å². The lowest BCUT2D eigenvalue weighted by Crippen LogP contribution is -2.50. The van der Waals surface area contributed by atoms with E-state index in [2.05, 4.69) is 6.92 Å². The summed E-state index contributed by atoms with van der Waals surface area (Å²) in [5.41, 5.74) is 0. The number of fused-ring (bicyclic) bond motifs is 2. The van der Waals surface area contributed by atoms with E-state index in [9.17, 15) is 0 Å². The van der Waals surface area contributed by atoms with Crippen molar-refractivity contribution in [3.63, 3.8) is 0 Å². The van der Waals surface area contributed by atoms with Crippen LogP contribution in [-0.4, -0.2) is 22.8 Å². The van der Waals surface area contributed by atoms with Gasteiger partial charge in [-0.2, -0.15) is 0 Å². The van der Waals surface area contributed by atoms with E-state index >= 15 is 0 Å². The fourth-order valence-corrected chi connectivity index (χ4v) is 7.92. The molecule has 2 fully saturated rings. The predicted molar refractivity (Wildman–Crippen MR) is 59.5 cm³/mol. The Hall–Kier alpha value is 0.137. The summed E-state index contributed by atoms with van der Waals surface area (Å²) in [6, 6.07) is 1.10. The molecule has 2 bridgehead atoms. The maximum Gasteiger partial charge on any atom is 0.343 e. The largest absolute Gasteiger partial charge is 0.397 e. The van der Waals surface area contributed by atoms with E-state index < -0.39 is 8.56 Å². The second-order valence-corrected chi connectivity index (χ2v) is 9.03. The molecule has 3 heteroatoms. The van der Waals surface area contributed by atoms with E-state index in [0.717, 1.165) is 12.0 Å². The molecule has 0 unspecified atom stereocenters. The van der Waals surface area contributed by atoms with Crippen LogP contribution in [0.5, 0.6) is 0 Å². The van der Waals surface area contributed by atoms with Gasteiger partial charge in [0.1, 0.15) is 0 Å². The molecule has 0 aromatic carbocycles. The van der Waals surface area contributed by atoms with E-state index in [1.165, 1.54) is 32.1 Å². The summed E-state index contributed by atoms with van der Waals surface area (Å²) in [5, 5.41) is 0.468. The molecule has 14 heavy (non-hydrogen) atoms. The van der Waals surface area contributed by atoms with Gasteiger partial charge in [-0.3, -0.25) is 0 Å². The topological polar surface area (TPSA) is 18.5 Å². The van der Waals surface area contributed by atoms with Gasteiger partial charge in [-0.1, -0.05) is 19.8 Å². The first kappa shape index (κ1) is 10.6. The minimum Gasteiger partial charge on any atom is -0.397 e. The van der Waals surface area contributed by atoms with Crippen LogP contribution in [0, 0.1) is 5.92 Å². The highest BCUT2D eigenvalue weighted by Gasteiger charge is 2.61. The SMILES string of the molecule is CC[Si](OC)(OC)C12CCC(CC1)C2. The fraction of sp³-hybridized carbons (Fsp3) is 1.00. The molecule has 0 amide bonds. The van der Waals surface area contributed by atoms with Gasteiger partial charge in [0.25, 0.3) is 0 Å². The van der Waals surface area contributed by atoms with Crippen molar-refractivity contribution in [2.75, 3.05) is 14.2 Å². The summed E-state index contributed by atoms with van der Waals surface area (Å²) in [4.78, 5) is 0. The third kappa shape index (κ3) is 1.22. The third-order valence-electron chi connectivity index (χ3n) is 4.67. The van der Waals surface area contributed by atoms with Gasteiger partial charge in [-0.25, -0.2) is 0 Å². The smallest absolute Gasteiger partial charge is 0.343 e. The lowest BCUT2D eigenvalue weighted by Gasteiger charge is -2.42. The van der Waals surface area contributed by atoms with Crippen molar-refractivity contribution < 1.29 is 8.85 Å². The first-order valence-corrected chi connectivity index (χ1v) is 7.84. The van der Waals surface area contributed by atoms with Crippen LogP contribution in [-0.2, 0) is 8.85 Å². The van der Waals surface area contributed by atoms with Gasteiger partial charge in [0.2, 0.25) is 0 Å². The molecule has 2 saturated carbocycles. The van der Waals surface area contributed by atoms with Gasteiger partial charge in [0.05, 0.1) is 0 Å². The molecule has 0 aromatic heterocycles. The Morgan fingerprint density at radius 3 is 2.07 bits per heavy atom. The van der Waals surface area contributed by atoms with Gasteiger partial charge in [-0.15, -0.1) is 0 Å². The molecular formula is C11H22O2Si. The Labute approximate surface area is 88.2 Å². The van der Waals surface area contributed by atoms with Crippen LogP contribution in [0.25, 0.3) is 0 Å². The zero-order valence-electron chi connectivity index (χ0n) is 9.64. The molecular weight excluding hydrogens is 192 g/mol. The van der Waals surface area contributed by atoms with Gasteiger partial charge in [0.15, 0.2) is 0 Å². The molecule has 82 valence electrons. The lowest BCUT2D eigenvalue weighted by molar-refractivity contribution is 0.201. The van der Waals surface area contributed by atoms with E-state index in [1.54, 1.807) is 0 Å². The van der Waals surface area contributed by atoms with E-state index in [0.29, 0.717) is 5.04 Å². The molecule has 0 atom stereocenters. The molecule has 0 spiro atoms. The van der Waals surface area contributed by atoms with Crippen LogP contribution in [0.3, 0.4) is 0 Å². The van der Waals surface area contributed by atoms with Crippen molar-refractivity contribution in [3.8, 4) is 0 Å². The van der Waals surface area contributed by atoms with E-state index in [-0.39, 0.29) is 0 Å². The van der Waals surface area contributed by atoms with Crippen molar-refractivity contribution in [2.24, 2.45) is 5.92 Å². The fourth-order valence-electron chi connectivity index (χ4n) is 3.91. The minimum atomic E-state index is -1.89. The third-order valence-corrected chi connectivity index (χ3v) is 9.24. The van der Waals surface area contributed by atoms with E-state index in [1.807, 2.05) is 14.2 Å². The molecule has 2 aliphatic rings. The molecule has 0 heterocycles. The molecule has 0 radical (unpaired) electrons. The molecule has 0 saturated heterocycles. The first-order chi connectivity index (χ1) is 6.72. The summed E-state index contributed by atoms with van der Waals surface area (Å²) < 4.78 is 11.7. The van der Waals surface area contributed by atoms with Gasteiger partial charge in [-0.05, 0) is 31.2 Å². The van der Waals surface area contributed by atoms with Gasteiger partial charge < -0.3 is 8.85 Å². The summed E-state index contributed by atoms with van der Waals surface area (Å²) in [7, 11) is 1.83. The number of hydrogen-bond donors (Lipinski definition) is 0. The second-order valence-electron chi connectivity index (χ2n) is 4.94. The normalized spacial score (nSPS) is 36.6. The summed E-state index contributed by atoms with van der Waals surface area (Å²) in [6.45, 7) is 2.24. The molecule has 2 nitrogen and oxygen atoms in total. The maximum absolute atomic E-state index is 5.86. The van der Waals surface area contributed by atoms with Crippen LogP contribution in [0.15, 0.2) is 0 Å². The monoisotopic (exact) mass is 214 g/mol. The maximum atomic E-state index is 5.86. The molecule has 2 aliphatic carbocycles. The highest BCUT2D eigenvalue weighted by Crippen LogP contribution is 2.65. The quantitative estimate of drug-likeness (QED) is 0.670. The molecule has 2 rings (SSSR count). The summed E-state index contributed by atoms with van der Waals surface area (Å²) >= 11 is 0. The Kier molecular flexibility index (Phi) is 2.75. The van der Waals surface area contributed by atoms with Crippen LogP contribution in [0.1, 0.15) is 39.0 Å². The second kappa shape index (κ2) is 3.61. The molecule has 0 aromatic rings. The first-order valence-electron chi connectivity index (χ1n) is 5.82. The van der Waals surface area contributed by atoms with Crippen molar-refractivity contribution in [3.05, 3.63) is 0 Å². The van der Waals surface area contributed by atoms with Crippen molar-refractivity contribution >= 4 is 8.56 Å². The Bertz CT molecular complexity index is 197. The molecule has 0 aliphatic heterocycles. The Morgan fingerprint density at radius 1 is 1.21 bits per heavy atom. The highest BCUT2D eigenvalue weighted by atomic mass is 28.4. The number of rotatable bonds is 4. The zero-order valence-corrected chi connectivity index (χ0v) is 10.6. The lowest BCUT2D eigenvalue weighted by atomic mass is 10.0. The summed E-state index contributed by atoms with van der Waals surface area (Å²) in [6.07, 6.45) is 6.94. The Morgan fingerprint density at radius 2 is 1.79 bits per heavy atom. The minimum absolute atomic E-state index is 0.468. The van der Waals surface area contributed by atoms with Crippen LogP contribution < -0.4 is 0 Å². The predicted octanol–water partition coefficient (Wildman–Crippen LogP) is 3.08.